The largest absolute Gasteiger partial charge is 0.367 e. The number of aryl methyl sites for hydroxylation is 1. The zero-order valence-corrected chi connectivity index (χ0v) is 22.1. The van der Waals surface area contributed by atoms with E-state index in [1.54, 1.807) is 0 Å². The molecule has 3 aromatic heterocycles. The number of aromatic amines is 1. The molecule has 6 rings (SSSR count). The van der Waals surface area contributed by atoms with Crippen molar-refractivity contribution >= 4 is 23.4 Å². The number of hydrogen-bond acceptors (Lipinski definition) is 8. The Hall–Kier alpha value is -3.10. The molecule has 9 nitrogen and oxygen atoms in total. The minimum Gasteiger partial charge on any atom is -0.367 e. The average Bonchev–Trinajstić information content (AvgIpc) is 3.28. The van der Waals surface area contributed by atoms with Crippen molar-refractivity contribution in [2.24, 2.45) is 17.8 Å². The zero-order valence-electron chi connectivity index (χ0n) is 22.1. The summed E-state index contributed by atoms with van der Waals surface area (Å²) < 4.78 is 5.38. The van der Waals surface area contributed by atoms with Crippen molar-refractivity contribution in [2.45, 2.75) is 96.6 Å². The quantitative estimate of drug-likeness (QED) is 0.233. The predicted molar refractivity (Wildman–Crippen MR) is 145 cm³/mol. The molecule has 3 saturated carbocycles. The molecule has 3 aliphatic rings. The molecule has 3 fully saturated rings. The molecule has 37 heavy (non-hydrogen) atoms. The van der Waals surface area contributed by atoms with Gasteiger partial charge in [-0.2, -0.15) is 15.1 Å². The Morgan fingerprint density at radius 3 is 2.57 bits per heavy atom. The van der Waals surface area contributed by atoms with Crippen molar-refractivity contribution in [3.63, 3.8) is 0 Å². The van der Waals surface area contributed by atoms with Gasteiger partial charge in [-0.3, -0.25) is 5.10 Å². The summed E-state index contributed by atoms with van der Waals surface area (Å²) >= 11 is 0. The number of H-pyrrole nitrogens is 1. The van der Waals surface area contributed by atoms with Gasteiger partial charge in [-0.1, -0.05) is 44.2 Å². The average molecular weight is 505 g/mol. The summed E-state index contributed by atoms with van der Waals surface area (Å²) in [6.45, 7) is 4.79. The molecule has 0 bridgehead atoms. The summed E-state index contributed by atoms with van der Waals surface area (Å²) in [5.41, 5.74) is 2.06. The van der Waals surface area contributed by atoms with Crippen LogP contribution < -0.4 is 16.0 Å². The van der Waals surface area contributed by atoms with Gasteiger partial charge >= 0.3 is 0 Å². The molecule has 3 atom stereocenters. The van der Waals surface area contributed by atoms with E-state index in [-0.39, 0.29) is 0 Å². The highest BCUT2D eigenvalue weighted by atomic mass is 16.5. The molecular weight excluding hydrogens is 464 g/mol. The topological polar surface area (TPSA) is 117 Å². The smallest absolute Gasteiger partial charge is 0.227 e. The number of aromatic nitrogens is 5. The Kier molecular flexibility index (Phi) is 7.02. The summed E-state index contributed by atoms with van der Waals surface area (Å²) in [6, 6.07) is 6.48. The predicted octanol–water partition coefficient (Wildman–Crippen LogP) is 6.53. The van der Waals surface area contributed by atoms with E-state index >= 15 is 0 Å². The third-order valence-electron chi connectivity index (χ3n) is 8.39. The van der Waals surface area contributed by atoms with Gasteiger partial charge < -0.3 is 20.5 Å². The third-order valence-corrected chi connectivity index (χ3v) is 8.39. The van der Waals surface area contributed by atoms with Crippen molar-refractivity contribution < 1.29 is 4.52 Å². The van der Waals surface area contributed by atoms with Crippen LogP contribution in [0.3, 0.4) is 0 Å². The van der Waals surface area contributed by atoms with Crippen LogP contribution in [0.15, 0.2) is 22.7 Å². The van der Waals surface area contributed by atoms with Crippen molar-refractivity contribution in [2.75, 3.05) is 16.0 Å². The summed E-state index contributed by atoms with van der Waals surface area (Å²) in [5, 5.41) is 22.2. The fourth-order valence-electron chi connectivity index (χ4n) is 6.25. The molecule has 0 spiro atoms. The van der Waals surface area contributed by atoms with Crippen LogP contribution in [-0.4, -0.2) is 31.4 Å². The van der Waals surface area contributed by atoms with E-state index in [2.05, 4.69) is 44.3 Å². The Balaban J connectivity index is 1.23. The van der Waals surface area contributed by atoms with E-state index in [4.69, 9.17) is 14.5 Å². The normalized spacial score (nSPS) is 22.9. The highest BCUT2D eigenvalue weighted by molar-refractivity contribution is 5.59. The maximum atomic E-state index is 5.38. The zero-order chi connectivity index (χ0) is 25.2. The molecule has 0 radical (unpaired) electrons. The van der Waals surface area contributed by atoms with Gasteiger partial charge in [-0.05, 0) is 56.8 Å². The molecule has 3 heterocycles. The Morgan fingerprint density at radius 1 is 1.00 bits per heavy atom. The lowest BCUT2D eigenvalue weighted by Crippen LogP contribution is -2.30. The lowest BCUT2D eigenvalue weighted by atomic mass is 9.88. The first-order valence-corrected chi connectivity index (χ1v) is 14.2. The van der Waals surface area contributed by atoms with Gasteiger partial charge in [0.15, 0.2) is 11.6 Å². The van der Waals surface area contributed by atoms with Crippen LogP contribution in [0.2, 0.25) is 0 Å². The van der Waals surface area contributed by atoms with Crippen molar-refractivity contribution in [1.29, 1.82) is 0 Å². The van der Waals surface area contributed by atoms with Gasteiger partial charge in [0, 0.05) is 35.9 Å². The summed E-state index contributed by atoms with van der Waals surface area (Å²) in [4.78, 5) is 9.63. The van der Waals surface area contributed by atoms with Crippen LogP contribution in [0.4, 0.5) is 23.4 Å². The molecule has 0 saturated heterocycles. The van der Waals surface area contributed by atoms with Gasteiger partial charge in [0.2, 0.25) is 5.95 Å². The second kappa shape index (κ2) is 10.7. The van der Waals surface area contributed by atoms with E-state index in [0.29, 0.717) is 30.4 Å². The molecule has 4 N–H and O–H groups in total. The molecule has 0 amide bonds. The SMILES string of the molecule is Cc1cc(CNc2nc(Nc3cc(C4CC4)[nH]n3)cc(NC(CC3CCCC3)C3CCC(C)C3)n2)on1. The fraction of sp³-hybridized carbons (Fsp3) is 0.643. The maximum absolute atomic E-state index is 5.38. The molecule has 9 heteroatoms. The van der Waals surface area contributed by atoms with Crippen LogP contribution in [0, 0.1) is 24.7 Å². The molecule has 0 aliphatic heterocycles. The van der Waals surface area contributed by atoms with Crippen molar-refractivity contribution in [3.05, 3.63) is 35.3 Å². The first-order valence-electron chi connectivity index (χ1n) is 14.2. The minimum atomic E-state index is 0.437. The molecule has 3 aromatic rings. The van der Waals surface area contributed by atoms with E-state index < -0.39 is 0 Å². The van der Waals surface area contributed by atoms with Gasteiger partial charge in [-0.15, -0.1) is 0 Å². The molecular formula is C28H40N8O. The van der Waals surface area contributed by atoms with E-state index in [9.17, 15) is 0 Å². The first-order chi connectivity index (χ1) is 18.1. The molecule has 3 unspecified atom stereocenters. The number of rotatable bonds is 11. The van der Waals surface area contributed by atoms with Gasteiger partial charge in [0.25, 0.3) is 0 Å². The minimum absolute atomic E-state index is 0.437. The third kappa shape index (κ3) is 6.25. The second-order valence-electron chi connectivity index (χ2n) is 11.7. The van der Waals surface area contributed by atoms with Crippen LogP contribution in [-0.2, 0) is 6.54 Å². The van der Waals surface area contributed by atoms with E-state index in [0.717, 1.165) is 40.7 Å². The number of nitrogens with one attached hydrogen (secondary N) is 4. The van der Waals surface area contributed by atoms with E-state index in [1.807, 2.05) is 19.1 Å². The monoisotopic (exact) mass is 504 g/mol. The van der Waals surface area contributed by atoms with Crippen LogP contribution in [0.5, 0.6) is 0 Å². The fourth-order valence-corrected chi connectivity index (χ4v) is 6.25. The van der Waals surface area contributed by atoms with Crippen molar-refractivity contribution in [3.8, 4) is 0 Å². The highest BCUT2D eigenvalue weighted by Gasteiger charge is 2.32. The van der Waals surface area contributed by atoms with E-state index in [1.165, 1.54) is 69.9 Å². The Bertz CT molecular complexity index is 1180. The summed E-state index contributed by atoms with van der Waals surface area (Å²) in [6.07, 6.45) is 13.1. The van der Waals surface area contributed by atoms with Gasteiger partial charge in [0.1, 0.15) is 11.6 Å². The standard InChI is InChI=1S/C28H40N8O/c1-17-7-8-21(11-17)23(13-19-5-3-4-6-19)30-25-15-26(31-27-14-24(34-35-27)20-9-10-20)33-28(32-25)29-16-22-12-18(2)36-37-22/h12,14-15,17,19-21,23H,3-11,13,16H2,1-2H3,(H4,29,30,31,32,33,34,35). The lowest BCUT2D eigenvalue weighted by molar-refractivity contribution is 0.359. The molecule has 0 aromatic carbocycles. The van der Waals surface area contributed by atoms with Gasteiger partial charge in [0.05, 0.1) is 12.2 Å². The number of anilines is 4. The van der Waals surface area contributed by atoms with Crippen molar-refractivity contribution in [1.82, 2.24) is 25.3 Å². The number of hydrogen-bond donors (Lipinski definition) is 4. The highest BCUT2D eigenvalue weighted by Crippen LogP contribution is 2.40. The second-order valence-corrected chi connectivity index (χ2v) is 11.7. The maximum Gasteiger partial charge on any atom is 0.227 e. The molecule has 198 valence electrons. The van der Waals surface area contributed by atoms with Gasteiger partial charge in [-0.25, -0.2) is 0 Å². The van der Waals surface area contributed by atoms with Crippen LogP contribution in [0.1, 0.15) is 94.2 Å². The lowest BCUT2D eigenvalue weighted by Gasteiger charge is -2.28. The first kappa shape index (κ1) is 24.2. The summed E-state index contributed by atoms with van der Waals surface area (Å²) in [5.74, 6) is 6.63. The van der Waals surface area contributed by atoms with Crippen LogP contribution >= 0.6 is 0 Å². The Labute approximate surface area is 219 Å². The number of nitrogens with zero attached hydrogens (tertiary/aromatic N) is 4. The molecule has 3 aliphatic carbocycles. The summed E-state index contributed by atoms with van der Waals surface area (Å²) in [7, 11) is 0. The Morgan fingerprint density at radius 2 is 1.84 bits per heavy atom. The van der Waals surface area contributed by atoms with Crippen LogP contribution in [0.25, 0.3) is 0 Å².